The molecule has 0 unspecified atom stereocenters. The zero-order valence-corrected chi connectivity index (χ0v) is 13.1. The smallest absolute Gasteiger partial charge is 0.219 e. The van der Waals surface area contributed by atoms with Gasteiger partial charge in [0.25, 0.3) is 0 Å². The van der Waals surface area contributed by atoms with Crippen LogP contribution in [0, 0.1) is 0 Å². The Morgan fingerprint density at radius 1 is 1.05 bits per heavy atom. The summed E-state index contributed by atoms with van der Waals surface area (Å²) >= 11 is 0. The number of rotatable bonds is 2. The number of amides is 1. The molecule has 22 heavy (non-hydrogen) atoms. The van der Waals surface area contributed by atoms with Gasteiger partial charge in [0.1, 0.15) is 5.75 Å². The Labute approximate surface area is 131 Å². The van der Waals surface area contributed by atoms with E-state index >= 15 is 0 Å². The van der Waals surface area contributed by atoms with Gasteiger partial charge in [-0.1, -0.05) is 36.4 Å². The van der Waals surface area contributed by atoms with Crippen molar-refractivity contribution in [2.24, 2.45) is 0 Å². The number of methoxy groups -OCH3 is 1. The molecule has 114 valence electrons. The van der Waals surface area contributed by atoms with Crippen molar-refractivity contribution in [3.05, 3.63) is 53.6 Å². The van der Waals surface area contributed by atoms with E-state index in [1.165, 1.54) is 16.7 Å². The second kappa shape index (κ2) is 6.22. The highest BCUT2D eigenvalue weighted by Gasteiger charge is 2.16. The average molecular weight is 295 g/mol. The summed E-state index contributed by atoms with van der Waals surface area (Å²) in [7, 11) is 1.70. The molecule has 3 nitrogen and oxygen atoms in total. The van der Waals surface area contributed by atoms with Crippen LogP contribution in [-0.4, -0.2) is 31.0 Å². The minimum absolute atomic E-state index is 0.165. The van der Waals surface area contributed by atoms with Crippen LogP contribution in [0.25, 0.3) is 11.1 Å². The van der Waals surface area contributed by atoms with Crippen molar-refractivity contribution in [1.29, 1.82) is 0 Å². The molecule has 1 heterocycles. The van der Waals surface area contributed by atoms with Crippen LogP contribution >= 0.6 is 0 Å². The highest BCUT2D eigenvalue weighted by Crippen LogP contribution is 2.31. The van der Waals surface area contributed by atoms with Crippen LogP contribution in [0.5, 0.6) is 5.75 Å². The van der Waals surface area contributed by atoms with Crippen molar-refractivity contribution < 1.29 is 9.53 Å². The SMILES string of the molecule is COc1ccccc1-c1ccc2c(c1)CCN(C(C)=O)CC2. The number of nitrogens with zero attached hydrogens (tertiary/aromatic N) is 1. The van der Waals surface area contributed by atoms with Gasteiger partial charge in [-0.25, -0.2) is 0 Å². The van der Waals surface area contributed by atoms with Gasteiger partial charge >= 0.3 is 0 Å². The van der Waals surface area contributed by atoms with E-state index < -0.39 is 0 Å². The molecule has 2 aromatic rings. The fourth-order valence-electron chi connectivity index (χ4n) is 3.09. The first-order chi connectivity index (χ1) is 10.7. The third-order valence-electron chi connectivity index (χ3n) is 4.37. The Morgan fingerprint density at radius 2 is 1.77 bits per heavy atom. The van der Waals surface area contributed by atoms with Gasteiger partial charge in [-0.3, -0.25) is 4.79 Å². The van der Waals surface area contributed by atoms with Crippen LogP contribution in [0.1, 0.15) is 18.1 Å². The Morgan fingerprint density at radius 3 is 2.50 bits per heavy atom. The first kappa shape index (κ1) is 14.6. The maximum atomic E-state index is 11.6. The van der Waals surface area contributed by atoms with Crippen molar-refractivity contribution in [1.82, 2.24) is 4.90 Å². The normalized spacial score (nSPS) is 14.2. The molecule has 0 bridgehead atoms. The number of ether oxygens (including phenoxy) is 1. The van der Waals surface area contributed by atoms with Crippen LogP contribution in [-0.2, 0) is 17.6 Å². The van der Waals surface area contributed by atoms with Crippen LogP contribution in [0.2, 0.25) is 0 Å². The van der Waals surface area contributed by atoms with Crippen molar-refractivity contribution in [3.8, 4) is 16.9 Å². The first-order valence-corrected chi connectivity index (χ1v) is 7.70. The van der Waals surface area contributed by atoms with Gasteiger partial charge in [-0.05, 0) is 35.6 Å². The van der Waals surface area contributed by atoms with Gasteiger partial charge < -0.3 is 9.64 Å². The molecule has 2 aromatic carbocycles. The summed E-state index contributed by atoms with van der Waals surface area (Å²) < 4.78 is 5.46. The molecule has 1 amide bonds. The Hall–Kier alpha value is -2.29. The first-order valence-electron chi connectivity index (χ1n) is 7.70. The minimum Gasteiger partial charge on any atom is -0.496 e. The largest absolute Gasteiger partial charge is 0.496 e. The van der Waals surface area contributed by atoms with Crippen molar-refractivity contribution >= 4 is 5.91 Å². The van der Waals surface area contributed by atoms with E-state index in [2.05, 4.69) is 24.3 Å². The summed E-state index contributed by atoms with van der Waals surface area (Å²) in [4.78, 5) is 13.5. The van der Waals surface area contributed by atoms with Crippen LogP contribution in [0.3, 0.4) is 0 Å². The fourth-order valence-corrected chi connectivity index (χ4v) is 3.09. The summed E-state index contributed by atoms with van der Waals surface area (Å²) in [6.45, 7) is 3.27. The van der Waals surface area contributed by atoms with E-state index in [4.69, 9.17) is 4.74 Å². The summed E-state index contributed by atoms with van der Waals surface area (Å²) in [5.41, 5.74) is 4.97. The number of fused-ring (bicyclic) bond motifs is 1. The molecule has 0 fully saturated rings. The molecule has 0 radical (unpaired) electrons. The summed E-state index contributed by atoms with van der Waals surface area (Å²) in [5, 5.41) is 0. The quantitative estimate of drug-likeness (QED) is 0.850. The number of carbonyl (C=O) groups is 1. The lowest BCUT2D eigenvalue weighted by molar-refractivity contribution is -0.128. The fraction of sp³-hybridized carbons (Fsp3) is 0.316. The Bertz CT molecular complexity index is 694. The highest BCUT2D eigenvalue weighted by molar-refractivity contribution is 5.74. The topological polar surface area (TPSA) is 29.5 Å². The molecule has 0 aromatic heterocycles. The molecular formula is C19H21NO2. The number of para-hydroxylation sites is 1. The molecular weight excluding hydrogens is 274 g/mol. The maximum absolute atomic E-state index is 11.6. The van der Waals surface area contributed by atoms with Gasteiger partial charge in [-0.15, -0.1) is 0 Å². The van der Waals surface area contributed by atoms with E-state index in [1.807, 2.05) is 23.1 Å². The number of benzene rings is 2. The van der Waals surface area contributed by atoms with Gasteiger partial charge in [0, 0.05) is 25.6 Å². The minimum atomic E-state index is 0.165. The number of hydrogen-bond acceptors (Lipinski definition) is 2. The maximum Gasteiger partial charge on any atom is 0.219 e. The molecule has 1 aliphatic heterocycles. The summed E-state index contributed by atoms with van der Waals surface area (Å²) in [5.74, 6) is 1.05. The highest BCUT2D eigenvalue weighted by atomic mass is 16.5. The molecule has 0 spiro atoms. The van der Waals surface area contributed by atoms with Crippen molar-refractivity contribution in [3.63, 3.8) is 0 Å². The lowest BCUT2D eigenvalue weighted by Gasteiger charge is -2.17. The summed E-state index contributed by atoms with van der Waals surface area (Å²) in [6, 6.07) is 14.7. The lowest BCUT2D eigenvalue weighted by atomic mass is 9.96. The van der Waals surface area contributed by atoms with E-state index in [-0.39, 0.29) is 5.91 Å². The molecule has 0 saturated heterocycles. The van der Waals surface area contributed by atoms with Gasteiger partial charge in [0.15, 0.2) is 0 Å². The zero-order valence-electron chi connectivity index (χ0n) is 13.1. The molecule has 3 rings (SSSR count). The molecule has 1 aliphatic rings. The van der Waals surface area contributed by atoms with E-state index in [0.29, 0.717) is 0 Å². The second-order valence-corrected chi connectivity index (χ2v) is 5.69. The third kappa shape index (κ3) is 2.84. The number of hydrogen-bond donors (Lipinski definition) is 0. The predicted molar refractivity (Wildman–Crippen MR) is 88.1 cm³/mol. The van der Waals surface area contributed by atoms with E-state index in [0.717, 1.165) is 37.2 Å². The molecule has 0 atom stereocenters. The van der Waals surface area contributed by atoms with Crippen LogP contribution in [0.15, 0.2) is 42.5 Å². The van der Waals surface area contributed by atoms with Crippen LogP contribution in [0.4, 0.5) is 0 Å². The molecule has 0 saturated carbocycles. The monoisotopic (exact) mass is 295 g/mol. The number of carbonyl (C=O) groups excluding carboxylic acids is 1. The second-order valence-electron chi connectivity index (χ2n) is 5.69. The predicted octanol–water partition coefficient (Wildman–Crippen LogP) is 3.31. The van der Waals surface area contributed by atoms with Gasteiger partial charge in [0.2, 0.25) is 5.91 Å². The van der Waals surface area contributed by atoms with Crippen molar-refractivity contribution in [2.75, 3.05) is 20.2 Å². The molecule has 0 N–H and O–H groups in total. The lowest BCUT2D eigenvalue weighted by Crippen LogP contribution is -2.30. The molecule has 3 heteroatoms. The van der Waals surface area contributed by atoms with E-state index in [1.54, 1.807) is 14.0 Å². The summed E-state index contributed by atoms with van der Waals surface area (Å²) in [6.07, 6.45) is 1.85. The third-order valence-corrected chi connectivity index (χ3v) is 4.37. The Kier molecular flexibility index (Phi) is 4.14. The van der Waals surface area contributed by atoms with Crippen LogP contribution < -0.4 is 4.74 Å². The van der Waals surface area contributed by atoms with Gasteiger partial charge in [-0.2, -0.15) is 0 Å². The standard InChI is InChI=1S/C19H21NO2/c1-14(21)20-11-9-15-7-8-17(13-16(15)10-12-20)18-5-3-4-6-19(18)22-2/h3-8,13H,9-12H2,1-2H3. The zero-order chi connectivity index (χ0) is 15.5. The van der Waals surface area contributed by atoms with Gasteiger partial charge in [0.05, 0.1) is 7.11 Å². The average Bonchev–Trinajstić information content (AvgIpc) is 2.76. The van der Waals surface area contributed by atoms with Crippen molar-refractivity contribution in [2.45, 2.75) is 19.8 Å². The molecule has 0 aliphatic carbocycles. The van der Waals surface area contributed by atoms with E-state index in [9.17, 15) is 4.79 Å². The Balaban J connectivity index is 1.94.